The zero-order valence-corrected chi connectivity index (χ0v) is 43.0. The van der Waals surface area contributed by atoms with Gasteiger partial charge >= 0.3 is 0 Å². The molecule has 8 aromatic carbocycles. The monoisotopic (exact) mass is 931 g/mol. The lowest BCUT2D eigenvalue weighted by molar-refractivity contribution is 0.590. The Morgan fingerprint density at radius 3 is 1.84 bits per heavy atom. The Morgan fingerprint density at radius 2 is 1.12 bits per heavy atom. The van der Waals surface area contributed by atoms with Crippen molar-refractivity contribution in [2.75, 3.05) is 14.7 Å². The van der Waals surface area contributed by atoms with Gasteiger partial charge in [0.1, 0.15) is 5.00 Å². The highest BCUT2D eigenvalue weighted by Gasteiger charge is 2.46. The zero-order valence-electron chi connectivity index (χ0n) is 41.4. The Kier molecular flexibility index (Phi) is 9.95. The van der Waals surface area contributed by atoms with E-state index in [-0.39, 0.29) is 23.0 Å². The normalized spacial score (nSPS) is 13.6. The maximum Gasteiger partial charge on any atom is 0.254 e. The molecule has 4 heterocycles. The van der Waals surface area contributed by atoms with Crippen LogP contribution < -0.4 is 31.1 Å². The van der Waals surface area contributed by atoms with E-state index >= 15 is 0 Å². The number of fused-ring (bicyclic) bond motifs is 8. The summed E-state index contributed by atoms with van der Waals surface area (Å²) >= 11 is 3.90. The quantitative estimate of drug-likeness (QED) is 0.159. The van der Waals surface area contributed by atoms with E-state index in [1.807, 2.05) is 22.7 Å². The molecule has 0 N–H and O–H groups in total. The molecule has 10 aromatic rings. The second-order valence-electron chi connectivity index (χ2n) is 22.4. The molecule has 3 nitrogen and oxygen atoms in total. The van der Waals surface area contributed by atoms with E-state index in [1.165, 1.54) is 96.7 Å². The molecule has 2 aliphatic rings. The molecule has 0 unspecified atom stereocenters. The van der Waals surface area contributed by atoms with Gasteiger partial charge in [0.2, 0.25) is 0 Å². The van der Waals surface area contributed by atoms with Crippen LogP contribution in [-0.4, -0.2) is 6.71 Å². The van der Waals surface area contributed by atoms with Crippen LogP contribution in [0.5, 0.6) is 0 Å². The van der Waals surface area contributed by atoms with Crippen LogP contribution in [0.3, 0.4) is 0 Å². The van der Waals surface area contributed by atoms with Gasteiger partial charge in [-0.25, -0.2) is 0 Å². The number of benzene rings is 8. The predicted molar refractivity (Wildman–Crippen MR) is 304 cm³/mol. The van der Waals surface area contributed by atoms with Gasteiger partial charge in [-0.2, -0.15) is 0 Å². The number of nitrogens with zero attached hydrogens (tertiary/aromatic N) is 3. The smallest absolute Gasteiger partial charge is 0.254 e. The summed E-state index contributed by atoms with van der Waals surface area (Å²) in [5.74, 6) is 0. The highest BCUT2D eigenvalue weighted by molar-refractivity contribution is 7.28. The number of thiophene rings is 2. The summed E-state index contributed by atoms with van der Waals surface area (Å²) in [6.07, 6.45) is 0. The zero-order chi connectivity index (χ0) is 47.7. The summed E-state index contributed by atoms with van der Waals surface area (Å²) in [5, 5.41) is 7.61. The topological polar surface area (TPSA) is 9.72 Å². The highest BCUT2D eigenvalue weighted by atomic mass is 32.1. The van der Waals surface area contributed by atoms with E-state index < -0.39 is 0 Å². The van der Waals surface area contributed by atoms with Crippen molar-refractivity contribution in [2.45, 2.75) is 85.5 Å². The Hall–Kier alpha value is -6.60. The van der Waals surface area contributed by atoms with Gasteiger partial charge in [-0.1, -0.05) is 172 Å². The molecule has 0 atom stereocenters. The number of aryl methyl sites for hydroxylation is 1. The van der Waals surface area contributed by atoms with E-state index in [2.05, 4.69) is 254 Å². The van der Waals surface area contributed by atoms with Crippen LogP contribution in [-0.2, 0) is 16.2 Å². The predicted octanol–water partition coefficient (Wildman–Crippen LogP) is 17.0. The first-order chi connectivity index (χ1) is 33.0. The number of hydrogen-bond donors (Lipinski definition) is 0. The van der Waals surface area contributed by atoms with Crippen LogP contribution in [0.25, 0.3) is 30.9 Å². The summed E-state index contributed by atoms with van der Waals surface area (Å²) in [6, 6.07) is 64.6. The van der Waals surface area contributed by atoms with Gasteiger partial charge in [0, 0.05) is 43.5 Å². The van der Waals surface area contributed by atoms with Crippen LogP contribution in [0.4, 0.5) is 49.8 Å². The van der Waals surface area contributed by atoms with Gasteiger partial charge in [0.15, 0.2) is 0 Å². The van der Waals surface area contributed by atoms with Gasteiger partial charge in [-0.15, -0.1) is 22.7 Å². The lowest BCUT2D eigenvalue weighted by Crippen LogP contribution is -2.61. The Bertz CT molecular complexity index is 3660. The Balaban J connectivity index is 1.23. The van der Waals surface area contributed by atoms with Crippen LogP contribution in [0.2, 0.25) is 0 Å². The lowest BCUT2D eigenvalue weighted by Gasteiger charge is -2.44. The van der Waals surface area contributed by atoms with E-state index in [0.29, 0.717) is 0 Å². The third-order valence-electron chi connectivity index (χ3n) is 14.6. The molecule has 340 valence electrons. The average molecular weight is 932 g/mol. The molecule has 0 aliphatic carbocycles. The van der Waals surface area contributed by atoms with Crippen molar-refractivity contribution in [3.63, 3.8) is 0 Å². The summed E-state index contributed by atoms with van der Waals surface area (Å²) in [6.45, 7) is 23.3. The van der Waals surface area contributed by atoms with Gasteiger partial charge in [-0.3, -0.25) is 4.90 Å². The molecule has 6 heteroatoms. The molecule has 0 saturated heterocycles. The van der Waals surface area contributed by atoms with Crippen molar-refractivity contribution in [1.82, 2.24) is 0 Å². The number of para-hydroxylation sites is 1. The highest BCUT2D eigenvalue weighted by Crippen LogP contribution is 2.53. The standard InChI is InChI=1S/C63H58BN3S2/c1-39-18-16-24-49-56-60(69-58(39)49)67(55-35-42-21-17-25-50(59(42)68-55)63(8,9)10)54-38-48(65(45-22-12-11-13-23-45)47-30-26-40-19-14-15-20-41(40)34-47)37-53-57(54)64(56)51-36-44(62(5,6)7)29-33-52(51)66(53)46-31-27-43(28-32-46)61(2,3)4/h11-38H,1-10H3. The fraction of sp³-hybridized carbons (Fsp3) is 0.206. The van der Waals surface area contributed by atoms with Crippen molar-refractivity contribution in [3.05, 3.63) is 192 Å². The maximum absolute atomic E-state index is 2.67. The van der Waals surface area contributed by atoms with E-state index in [4.69, 9.17) is 0 Å². The Morgan fingerprint density at radius 1 is 0.449 bits per heavy atom. The number of anilines is 9. The maximum atomic E-state index is 2.67. The minimum absolute atomic E-state index is 0.0128. The summed E-state index contributed by atoms with van der Waals surface area (Å²) in [4.78, 5) is 7.73. The van der Waals surface area contributed by atoms with Gasteiger partial charge in [0.25, 0.3) is 6.71 Å². The van der Waals surface area contributed by atoms with Gasteiger partial charge in [0.05, 0.1) is 10.7 Å². The van der Waals surface area contributed by atoms with Crippen molar-refractivity contribution in [2.24, 2.45) is 0 Å². The summed E-state index contributed by atoms with van der Waals surface area (Å²) in [7, 11) is 0. The van der Waals surface area contributed by atoms with Crippen molar-refractivity contribution >= 4 is 127 Å². The third kappa shape index (κ3) is 7.12. The first kappa shape index (κ1) is 43.7. The van der Waals surface area contributed by atoms with E-state index in [1.54, 1.807) is 0 Å². The molecule has 0 amide bonds. The minimum Gasteiger partial charge on any atom is -0.311 e. The fourth-order valence-corrected chi connectivity index (χ4v) is 13.8. The second-order valence-corrected chi connectivity index (χ2v) is 24.4. The molecule has 2 aliphatic heterocycles. The summed E-state index contributed by atoms with van der Waals surface area (Å²) in [5.41, 5.74) is 17.6. The van der Waals surface area contributed by atoms with E-state index in [9.17, 15) is 0 Å². The van der Waals surface area contributed by atoms with Crippen molar-refractivity contribution in [1.29, 1.82) is 0 Å². The van der Waals surface area contributed by atoms with Crippen LogP contribution in [0.1, 0.15) is 84.6 Å². The SMILES string of the molecule is Cc1cccc2c3c(sc12)N(c1cc2cccc(C(C)(C)C)c2s1)c1cc(N(c2ccccc2)c2ccc4ccccc4c2)cc2c1B3c1cc(C(C)(C)C)ccc1N2c1ccc(C(C)(C)C)cc1. The van der Waals surface area contributed by atoms with Crippen molar-refractivity contribution in [3.8, 4) is 0 Å². The lowest BCUT2D eigenvalue weighted by atomic mass is 9.33. The van der Waals surface area contributed by atoms with Crippen LogP contribution in [0.15, 0.2) is 170 Å². The molecular weight excluding hydrogens is 874 g/mol. The Labute approximate surface area is 416 Å². The van der Waals surface area contributed by atoms with Crippen LogP contribution >= 0.6 is 22.7 Å². The number of hydrogen-bond acceptors (Lipinski definition) is 5. The second kappa shape index (κ2) is 15.7. The summed E-state index contributed by atoms with van der Waals surface area (Å²) < 4.78 is 2.71. The molecule has 2 aromatic heterocycles. The molecular formula is C63H58BN3S2. The molecule has 0 radical (unpaired) electrons. The largest absolute Gasteiger partial charge is 0.311 e. The van der Waals surface area contributed by atoms with Gasteiger partial charge in [-0.05, 0) is 144 Å². The van der Waals surface area contributed by atoms with E-state index in [0.717, 1.165) is 22.7 Å². The van der Waals surface area contributed by atoms with Crippen LogP contribution in [0, 0.1) is 6.92 Å². The molecule has 0 bridgehead atoms. The molecule has 0 spiro atoms. The molecule has 0 fully saturated rings. The first-order valence-corrected chi connectivity index (χ1v) is 26.1. The minimum atomic E-state index is -0.0457. The molecule has 12 rings (SSSR count). The van der Waals surface area contributed by atoms with Crippen molar-refractivity contribution < 1.29 is 0 Å². The third-order valence-corrected chi connectivity index (χ3v) is 17.1. The molecule has 0 saturated carbocycles. The van der Waals surface area contributed by atoms with Gasteiger partial charge < -0.3 is 9.80 Å². The molecule has 69 heavy (non-hydrogen) atoms. The average Bonchev–Trinajstić information content (AvgIpc) is 3.94. The fourth-order valence-electron chi connectivity index (χ4n) is 11.0. The first-order valence-electron chi connectivity index (χ1n) is 24.5. The number of rotatable bonds is 5.